The van der Waals surface area contributed by atoms with E-state index in [1.165, 1.54) is 12.1 Å². The summed E-state index contributed by atoms with van der Waals surface area (Å²) in [7, 11) is 1.59. The van der Waals surface area contributed by atoms with E-state index in [-0.39, 0.29) is 0 Å². The molecule has 0 spiro atoms. The van der Waals surface area contributed by atoms with Crippen LogP contribution in [-0.4, -0.2) is 22.9 Å². The van der Waals surface area contributed by atoms with Crippen molar-refractivity contribution in [3.05, 3.63) is 71.7 Å². The summed E-state index contributed by atoms with van der Waals surface area (Å²) >= 11 is 0. The van der Waals surface area contributed by atoms with Gasteiger partial charge in [-0.2, -0.15) is 18.3 Å². The highest BCUT2D eigenvalue weighted by Crippen LogP contribution is 2.37. The van der Waals surface area contributed by atoms with Crippen molar-refractivity contribution in [1.82, 2.24) is 9.61 Å². The van der Waals surface area contributed by atoms with Crippen LogP contribution in [0.15, 0.2) is 59.9 Å². The van der Waals surface area contributed by atoms with Gasteiger partial charge in [-0.3, -0.25) is 4.99 Å². The van der Waals surface area contributed by atoms with Crippen molar-refractivity contribution in [1.29, 1.82) is 0 Å². The standard InChI is InChI=1S/C20H17F3N4O/c1-13-18(17-12-16(28-2)8-11-27(17)25-13)19-24-9-3-10-26(19)15-6-4-14(5-7-15)20(21,22)23/h3-12,19H,1-2H3. The minimum atomic E-state index is -4.37. The van der Waals surface area contributed by atoms with Gasteiger partial charge in [-0.1, -0.05) is 0 Å². The molecular formula is C20H17F3N4O. The Hall–Kier alpha value is -3.29. The number of aromatic nitrogens is 2. The fraction of sp³-hybridized carbons (Fsp3) is 0.200. The third-order valence-corrected chi connectivity index (χ3v) is 4.64. The lowest BCUT2D eigenvalue weighted by Crippen LogP contribution is -2.24. The topological polar surface area (TPSA) is 42.1 Å². The number of hydrogen-bond donors (Lipinski definition) is 0. The van der Waals surface area contributed by atoms with Gasteiger partial charge in [-0.25, -0.2) is 4.52 Å². The van der Waals surface area contributed by atoms with E-state index in [1.54, 1.807) is 42.4 Å². The van der Waals surface area contributed by atoms with Gasteiger partial charge in [0.25, 0.3) is 0 Å². The first-order valence-electron chi connectivity index (χ1n) is 8.57. The van der Waals surface area contributed by atoms with Gasteiger partial charge >= 0.3 is 6.18 Å². The number of anilines is 1. The highest BCUT2D eigenvalue weighted by atomic mass is 19.4. The van der Waals surface area contributed by atoms with Crippen molar-refractivity contribution >= 4 is 17.4 Å². The van der Waals surface area contributed by atoms with Crippen LogP contribution in [0.5, 0.6) is 5.75 Å². The number of halogens is 3. The molecule has 1 aliphatic rings. The third-order valence-electron chi connectivity index (χ3n) is 4.64. The van der Waals surface area contributed by atoms with Crippen LogP contribution in [0, 0.1) is 6.92 Å². The molecule has 0 saturated carbocycles. The van der Waals surface area contributed by atoms with Gasteiger partial charge in [0, 0.05) is 35.9 Å². The number of benzene rings is 1. The first-order valence-corrected chi connectivity index (χ1v) is 8.57. The van der Waals surface area contributed by atoms with Gasteiger partial charge < -0.3 is 9.64 Å². The van der Waals surface area contributed by atoms with Crippen molar-refractivity contribution < 1.29 is 17.9 Å². The first kappa shape index (κ1) is 18.1. The number of hydrogen-bond acceptors (Lipinski definition) is 4. The predicted octanol–water partition coefficient (Wildman–Crippen LogP) is 4.77. The summed E-state index contributed by atoms with van der Waals surface area (Å²) in [6, 6.07) is 8.72. The van der Waals surface area contributed by atoms with Crippen molar-refractivity contribution in [3.63, 3.8) is 0 Å². The smallest absolute Gasteiger partial charge is 0.416 e. The highest BCUT2D eigenvalue weighted by molar-refractivity contribution is 5.76. The summed E-state index contributed by atoms with van der Waals surface area (Å²) < 4.78 is 45.7. The first-order chi connectivity index (χ1) is 13.4. The van der Waals surface area contributed by atoms with E-state index in [1.807, 2.05) is 17.9 Å². The van der Waals surface area contributed by atoms with Gasteiger partial charge in [0.05, 0.1) is 23.9 Å². The average Bonchev–Trinajstić information content (AvgIpc) is 3.02. The maximum atomic E-state index is 12.9. The van der Waals surface area contributed by atoms with Crippen LogP contribution in [0.3, 0.4) is 0 Å². The van der Waals surface area contributed by atoms with Crippen molar-refractivity contribution in [2.75, 3.05) is 12.0 Å². The second-order valence-corrected chi connectivity index (χ2v) is 6.36. The van der Waals surface area contributed by atoms with Gasteiger partial charge in [0.15, 0.2) is 6.17 Å². The van der Waals surface area contributed by atoms with Crippen LogP contribution >= 0.6 is 0 Å². The second kappa shape index (κ2) is 6.70. The van der Waals surface area contributed by atoms with E-state index in [4.69, 9.17) is 4.74 Å². The molecule has 0 fully saturated rings. The van der Waals surface area contributed by atoms with Crippen LogP contribution in [-0.2, 0) is 6.18 Å². The molecule has 1 atom stereocenters. The van der Waals surface area contributed by atoms with Gasteiger partial charge in [0.2, 0.25) is 0 Å². The lowest BCUT2D eigenvalue weighted by Gasteiger charge is -2.30. The summed E-state index contributed by atoms with van der Waals surface area (Å²) in [6.07, 6.45) is 2.19. The number of methoxy groups -OCH3 is 1. The molecular weight excluding hydrogens is 369 g/mol. The minimum absolute atomic E-state index is 0.452. The molecule has 8 heteroatoms. The van der Waals surface area contributed by atoms with Gasteiger partial charge in [-0.05, 0) is 43.3 Å². The molecule has 3 heterocycles. The third kappa shape index (κ3) is 3.11. The predicted molar refractivity (Wildman–Crippen MR) is 101 cm³/mol. The van der Waals surface area contributed by atoms with Crippen molar-refractivity contribution in [2.45, 2.75) is 19.3 Å². The zero-order valence-electron chi connectivity index (χ0n) is 15.2. The largest absolute Gasteiger partial charge is 0.497 e. The number of ether oxygens (including phenoxy) is 1. The maximum Gasteiger partial charge on any atom is 0.416 e. The number of nitrogens with zero attached hydrogens (tertiary/aromatic N) is 4. The molecule has 0 saturated heterocycles. The van der Waals surface area contributed by atoms with E-state index in [9.17, 15) is 13.2 Å². The normalized spacial score (nSPS) is 16.8. The second-order valence-electron chi connectivity index (χ2n) is 6.36. The highest BCUT2D eigenvalue weighted by Gasteiger charge is 2.31. The quantitative estimate of drug-likeness (QED) is 0.651. The van der Waals surface area contributed by atoms with E-state index in [0.29, 0.717) is 11.4 Å². The van der Waals surface area contributed by atoms with Crippen LogP contribution in [0.2, 0.25) is 0 Å². The Morgan fingerprint density at radius 1 is 1.11 bits per heavy atom. The molecule has 1 aliphatic heterocycles. The number of pyridine rings is 1. The Morgan fingerprint density at radius 2 is 1.86 bits per heavy atom. The Bertz CT molecular complexity index is 1070. The molecule has 1 aromatic carbocycles. The lowest BCUT2D eigenvalue weighted by molar-refractivity contribution is -0.137. The Kier molecular flexibility index (Phi) is 4.33. The zero-order chi connectivity index (χ0) is 19.9. The molecule has 0 amide bonds. The molecule has 5 nitrogen and oxygen atoms in total. The molecule has 0 aliphatic carbocycles. The Labute approximate surface area is 159 Å². The minimum Gasteiger partial charge on any atom is -0.497 e. The maximum absolute atomic E-state index is 12.9. The van der Waals surface area contributed by atoms with Gasteiger partial charge in [-0.15, -0.1) is 0 Å². The Morgan fingerprint density at radius 3 is 2.54 bits per heavy atom. The fourth-order valence-electron chi connectivity index (χ4n) is 3.29. The average molecular weight is 386 g/mol. The van der Waals surface area contributed by atoms with Crippen LogP contribution < -0.4 is 9.64 Å². The zero-order valence-corrected chi connectivity index (χ0v) is 15.2. The molecule has 4 rings (SSSR count). The molecule has 0 N–H and O–H groups in total. The van der Waals surface area contributed by atoms with Crippen LogP contribution in [0.25, 0.3) is 5.52 Å². The van der Waals surface area contributed by atoms with E-state index in [2.05, 4.69) is 10.1 Å². The van der Waals surface area contributed by atoms with Crippen LogP contribution in [0.1, 0.15) is 23.0 Å². The number of rotatable bonds is 3. The monoisotopic (exact) mass is 386 g/mol. The number of fused-ring (bicyclic) bond motifs is 1. The summed E-state index contributed by atoms with van der Waals surface area (Å²) in [5.41, 5.74) is 2.38. The summed E-state index contributed by atoms with van der Waals surface area (Å²) in [5, 5.41) is 4.53. The Balaban J connectivity index is 1.78. The summed E-state index contributed by atoms with van der Waals surface area (Å²) in [5.74, 6) is 0.685. The van der Waals surface area contributed by atoms with E-state index < -0.39 is 17.9 Å². The number of alkyl halides is 3. The molecule has 1 unspecified atom stereocenters. The molecule has 3 aromatic rings. The molecule has 28 heavy (non-hydrogen) atoms. The van der Waals surface area contributed by atoms with Gasteiger partial charge in [0.1, 0.15) is 5.75 Å². The molecule has 0 bridgehead atoms. The summed E-state index contributed by atoms with van der Waals surface area (Å²) in [4.78, 5) is 6.39. The summed E-state index contributed by atoms with van der Waals surface area (Å²) in [6.45, 7) is 1.88. The molecule has 0 radical (unpaired) electrons. The number of allylic oxidation sites excluding steroid dienone is 1. The SMILES string of the molecule is COc1ccn2nc(C)c(C3N=CC=CN3c3ccc(C(F)(F)F)cc3)c2c1. The molecule has 144 valence electrons. The number of aliphatic imine (C=N–C) groups is 1. The van der Waals surface area contributed by atoms with Crippen molar-refractivity contribution in [2.24, 2.45) is 4.99 Å². The number of aryl methyl sites for hydroxylation is 1. The van der Waals surface area contributed by atoms with E-state index >= 15 is 0 Å². The fourth-order valence-corrected chi connectivity index (χ4v) is 3.29. The van der Waals surface area contributed by atoms with E-state index in [0.717, 1.165) is 28.9 Å². The lowest BCUT2D eigenvalue weighted by atomic mass is 10.1. The van der Waals surface area contributed by atoms with Crippen LogP contribution in [0.4, 0.5) is 18.9 Å². The molecule has 2 aromatic heterocycles. The van der Waals surface area contributed by atoms with Crippen molar-refractivity contribution in [3.8, 4) is 5.75 Å².